The Bertz CT molecular complexity index is 415. The fourth-order valence-electron chi connectivity index (χ4n) is 2.76. The van der Waals surface area contributed by atoms with Crippen molar-refractivity contribution in [1.29, 1.82) is 0 Å². The Hall–Kier alpha value is -1.23. The average Bonchev–Trinajstić information content (AvgIpc) is 2.48. The normalized spacial score (nSPS) is 16.6. The van der Waals surface area contributed by atoms with Crippen LogP contribution in [0.2, 0.25) is 0 Å². The molecule has 0 aromatic carbocycles. The highest BCUT2D eigenvalue weighted by Gasteiger charge is 2.17. The summed E-state index contributed by atoms with van der Waals surface area (Å²) in [5, 5.41) is 11.4. The molecule has 112 valence electrons. The Kier molecular flexibility index (Phi) is 5.71. The number of hydrogen-bond acceptors (Lipinski definition) is 5. The van der Waals surface area contributed by atoms with Gasteiger partial charge in [0.2, 0.25) is 5.95 Å². The van der Waals surface area contributed by atoms with Crippen LogP contribution in [0.25, 0.3) is 0 Å². The molecule has 5 heteroatoms. The minimum absolute atomic E-state index is 0.647. The molecular formula is C15H27N5. The van der Waals surface area contributed by atoms with Gasteiger partial charge >= 0.3 is 0 Å². The van der Waals surface area contributed by atoms with Gasteiger partial charge in [-0.15, -0.1) is 5.10 Å². The van der Waals surface area contributed by atoms with Crippen LogP contribution >= 0.6 is 0 Å². The number of nitrogens with one attached hydrogen (secondary N) is 1. The van der Waals surface area contributed by atoms with Crippen LogP contribution in [0, 0.1) is 13.8 Å². The summed E-state index contributed by atoms with van der Waals surface area (Å²) in [6.07, 6.45) is 8.07. The van der Waals surface area contributed by atoms with E-state index in [1.54, 1.807) is 0 Å². The third kappa shape index (κ3) is 4.40. The van der Waals surface area contributed by atoms with Crippen LogP contribution in [0.15, 0.2) is 0 Å². The van der Waals surface area contributed by atoms with Crippen molar-refractivity contribution in [3.63, 3.8) is 0 Å². The van der Waals surface area contributed by atoms with Crippen LogP contribution in [-0.4, -0.2) is 46.3 Å². The lowest BCUT2D eigenvalue weighted by Crippen LogP contribution is -2.34. The molecular weight excluding hydrogens is 250 g/mol. The standard InChI is InChI=1S/C15H27N5/c1-12-13(2)18-19-15(17-12)16-10-7-11-20(3)14-8-5-4-6-9-14/h14H,4-11H2,1-3H3,(H,16,17,19). The molecule has 1 fully saturated rings. The first-order chi connectivity index (χ1) is 9.66. The van der Waals surface area contributed by atoms with E-state index in [1.807, 2.05) is 13.8 Å². The van der Waals surface area contributed by atoms with Crippen LogP contribution in [0.3, 0.4) is 0 Å². The molecule has 1 aliphatic carbocycles. The molecule has 2 rings (SSSR count). The van der Waals surface area contributed by atoms with Crippen molar-refractivity contribution in [2.24, 2.45) is 0 Å². The molecule has 1 heterocycles. The molecule has 20 heavy (non-hydrogen) atoms. The van der Waals surface area contributed by atoms with Crippen LogP contribution < -0.4 is 5.32 Å². The topological polar surface area (TPSA) is 53.9 Å². The van der Waals surface area contributed by atoms with Gasteiger partial charge in [0.15, 0.2) is 0 Å². The summed E-state index contributed by atoms with van der Waals surface area (Å²) in [6.45, 7) is 5.93. The first-order valence-electron chi connectivity index (χ1n) is 7.79. The summed E-state index contributed by atoms with van der Waals surface area (Å²) in [7, 11) is 2.25. The predicted octanol–water partition coefficient (Wildman–Crippen LogP) is 2.55. The number of hydrogen-bond donors (Lipinski definition) is 1. The SMILES string of the molecule is Cc1nnc(NCCCN(C)C2CCCCC2)nc1C. The summed E-state index contributed by atoms with van der Waals surface area (Å²) in [4.78, 5) is 6.90. The van der Waals surface area contributed by atoms with Gasteiger partial charge in [0.1, 0.15) is 0 Å². The molecule has 0 saturated heterocycles. The van der Waals surface area contributed by atoms with E-state index in [0.717, 1.165) is 36.9 Å². The maximum Gasteiger partial charge on any atom is 0.242 e. The Morgan fingerprint density at radius 3 is 2.55 bits per heavy atom. The van der Waals surface area contributed by atoms with E-state index in [4.69, 9.17) is 0 Å². The van der Waals surface area contributed by atoms with E-state index < -0.39 is 0 Å². The van der Waals surface area contributed by atoms with E-state index in [2.05, 4.69) is 32.4 Å². The third-order valence-electron chi connectivity index (χ3n) is 4.26. The zero-order valence-electron chi connectivity index (χ0n) is 13.0. The van der Waals surface area contributed by atoms with Crippen molar-refractivity contribution in [2.45, 2.75) is 58.4 Å². The smallest absolute Gasteiger partial charge is 0.242 e. The van der Waals surface area contributed by atoms with Crippen molar-refractivity contribution >= 4 is 5.95 Å². The minimum atomic E-state index is 0.647. The summed E-state index contributed by atoms with van der Waals surface area (Å²) >= 11 is 0. The number of nitrogens with zero attached hydrogens (tertiary/aromatic N) is 4. The van der Waals surface area contributed by atoms with Crippen LogP contribution in [0.4, 0.5) is 5.95 Å². The van der Waals surface area contributed by atoms with Gasteiger partial charge < -0.3 is 10.2 Å². The summed E-state index contributed by atoms with van der Waals surface area (Å²) in [5.41, 5.74) is 1.84. The van der Waals surface area contributed by atoms with E-state index >= 15 is 0 Å². The van der Waals surface area contributed by atoms with Gasteiger partial charge in [-0.25, -0.2) is 4.98 Å². The first kappa shape index (κ1) is 15.2. The Labute approximate surface area is 122 Å². The first-order valence-corrected chi connectivity index (χ1v) is 7.79. The van der Waals surface area contributed by atoms with E-state index in [0.29, 0.717) is 5.95 Å². The second-order valence-electron chi connectivity index (χ2n) is 5.86. The average molecular weight is 277 g/mol. The van der Waals surface area contributed by atoms with Gasteiger partial charge in [-0.2, -0.15) is 5.10 Å². The highest BCUT2D eigenvalue weighted by molar-refractivity contribution is 5.24. The molecule has 1 aliphatic rings. The predicted molar refractivity (Wildman–Crippen MR) is 81.9 cm³/mol. The monoisotopic (exact) mass is 277 g/mol. The lowest BCUT2D eigenvalue weighted by Gasteiger charge is -2.31. The molecule has 0 aliphatic heterocycles. The third-order valence-corrected chi connectivity index (χ3v) is 4.26. The van der Waals surface area contributed by atoms with Gasteiger partial charge in [-0.1, -0.05) is 19.3 Å². The lowest BCUT2D eigenvalue weighted by molar-refractivity contribution is 0.191. The second-order valence-corrected chi connectivity index (χ2v) is 5.86. The minimum Gasteiger partial charge on any atom is -0.353 e. The van der Waals surface area contributed by atoms with Crippen molar-refractivity contribution in [3.8, 4) is 0 Å². The van der Waals surface area contributed by atoms with Gasteiger partial charge in [0.05, 0.1) is 11.4 Å². The molecule has 1 aromatic rings. The van der Waals surface area contributed by atoms with E-state index in [9.17, 15) is 0 Å². The quantitative estimate of drug-likeness (QED) is 0.810. The zero-order chi connectivity index (χ0) is 14.4. The lowest BCUT2D eigenvalue weighted by atomic mass is 9.94. The summed E-state index contributed by atoms with van der Waals surface area (Å²) in [6, 6.07) is 0.795. The molecule has 0 unspecified atom stereocenters. The second kappa shape index (κ2) is 7.53. The largest absolute Gasteiger partial charge is 0.353 e. The molecule has 5 nitrogen and oxygen atoms in total. The molecule has 0 amide bonds. The highest BCUT2D eigenvalue weighted by atomic mass is 15.2. The molecule has 0 radical (unpaired) electrons. The maximum atomic E-state index is 4.38. The summed E-state index contributed by atoms with van der Waals surface area (Å²) in [5.74, 6) is 0.647. The number of aromatic nitrogens is 3. The van der Waals surface area contributed by atoms with Gasteiger partial charge in [-0.3, -0.25) is 0 Å². The molecule has 1 aromatic heterocycles. The van der Waals surface area contributed by atoms with Gasteiger partial charge in [0.25, 0.3) is 0 Å². The van der Waals surface area contributed by atoms with Gasteiger partial charge in [0, 0.05) is 12.6 Å². The molecule has 0 spiro atoms. The van der Waals surface area contributed by atoms with Crippen molar-refractivity contribution < 1.29 is 0 Å². The highest BCUT2D eigenvalue weighted by Crippen LogP contribution is 2.21. The van der Waals surface area contributed by atoms with Crippen molar-refractivity contribution in [1.82, 2.24) is 20.1 Å². The molecule has 0 bridgehead atoms. The van der Waals surface area contributed by atoms with Gasteiger partial charge in [-0.05, 0) is 46.7 Å². The van der Waals surface area contributed by atoms with E-state index in [-0.39, 0.29) is 0 Å². The van der Waals surface area contributed by atoms with Crippen LogP contribution in [0.5, 0.6) is 0 Å². The Morgan fingerprint density at radius 1 is 1.10 bits per heavy atom. The molecule has 1 N–H and O–H groups in total. The number of rotatable bonds is 6. The number of aryl methyl sites for hydroxylation is 2. The summed E-state index contributed by atoms with van der Waals surface area (Å²) < 4.78 is 0. The van der Waals surface area contributed by atoms with Crippen LogP contribution in [-0.2, 0) is 0 Å². The fraction of sp³-hybridized carbons (Fsp3) is 0.800. The zero-order valence-corrected chi connectivity index (χ0v) is 13.0. The van der Waals surface area contributed by atoms with E-state index in [1.165, 1.54) is 32.1 Å². The fourth-order valence-corrected chi connectivity index (χ4v) is 2.76. The Morgan fingerprint density at radius 2 is 1.85 bits per heavy atom. The molecule has 0 atom stereocenters. The van der Waals surface area contributed by atoms with Crippen molar-refractivity contribution in [3.05, 3.63) is 11.4 Å². The molecule has 1 saturated carbocycles. The Balaban J connectivity index is 1.66. The van der Waals surface area contributed by atoms with Crippen LogP contribution in [0.1, 0.15) is 49.9 Å². The van der Waals surface area contributed by atoms with Crippen molar-refractivity contribution in [2.75, 3.05) is 25.5 Å². The number of anilines is 1. The maximum absolute atomic E-state index is 4.38.